The highest BCUT2D eigenvalue weighted by molar-refractivity contribution is 6.62. The molecule has 26 heavy (non-hydrogen) atoms. The summed E-state index contributed by atoms with van der Waals surface area (Å²) in [5, 5.41) is 5.00. The van der Waals surface area contributed by atoms with E-state index in [2.05, 4.69) is 10.6 Å². The van der Waals surface area contributed by atoms with Gasteiger partial charge in [-0.15, -0.1) is 0 Å². The van der Waals surface area contributed by atoms with Gasteiger partial charge >= 0.3 is 19.3 Å². The Balaban J connectivity index is 2.37. The van der Waals surface area contributed by atoms with Crippen LogP contribution in [0.2, 0.25) is 0 Å². The number of carbonyl (C=O) groups excluding carboxylic acids is 1. The smallest absolute Gasteiger partial charge is 0.399 e. The Labute approximate surface area is 151 Å². The van der Waals surface area contributed by atoms with Crippen molar-refractivity contribution in [3.05, 3.63) is 23.8 Å². The lowest BCUT2D eigenvalue weighted by molar-refractivity contribution is -0.137. The van der Waals surface area contributed by atoms with Gasteiger partial charge in [-0.25, -0.2) is 4.79 Å². The Kier molecular flexibility index (Phi) is 5.36. The first kappa shape index (κ1) is 20.6. The van der Waals surface area contributed by atoms with E-state index in [-0.39, 0.29) is 17.2 Å². The van der Waals surface area contributed by atoms with E-state index in [1.54, 1.807) is 13.8 Å². The number of alkyl halides is 3. The number of carbonyl (C=O) groups is 1. The zero-order valence-electron chi connectivity index (χ0n) is 15.7. The number of halogens is 3. The minimum absolute atomic E-state index is 0.0164. The lowest BCUT2D eigenvalue weighted by Crippen LogP contribution is -2.41. The van der Waals surface area contributed by atoms with Crippen molar-refractivity contribution in [3.8, 4) is 0 Å². The molecule has 2 rings (SSSR count). The number of hydrogen-bond donors (Lipinski definition) is 2. The summed E-state index contributed by atoms with van der Waals surface area (Å²) in [6.07, 6.45) is -4.56. The van der Waals surface area contributed by atoms with E-state index in [1.807, 2.05) is 27.7 Å². The van der Waals surface area contributed by atoms with Crippen LogP contribution in [0, 0.1) is 0 Å². The van der Waals surface area contributed by atoms with Crippen LogP contribution in [-0.2, 0) is 15.5 Å². The molecule has 1 aliphatic rings. The Morgan fingerprint density at radius 2 is 1.62 bits per heavy atom. The molecule has 1 aromatic carbocycles. The van der Waals surface area contributed by atoms with E-state index in [1.165, 1.54) is 6.07 Å². The van der Waals surface area contributed by atoms with Gasteiger partial charge in [0.25, 0.3) is 0 Å². The molecule has 1 aromatic rings. The molecule has 1 fully saturated rings. The summed E-state index contributed by atoms with van der Waals surface area (Å²) >= 11 is 0. The lowest BCUT2D eigenvalue weighted by atomic mass is 9.78. The summed E-state index contributed by atoms with van der Waals surface area (Å²) in [5.41, 5.74) is -2.05. The fourth-order valence-corrected chi connectivity index (χ4v) is 2.43. The minimum atomic E-state index is -4.56. The third-order valence-corrected chi connectivity index (χ3v) is 4.49. The summed E-state index contributed by atoms with van der Waals surface area (Å²) < 4.78 is 51.5. The van der Waals surface area contributed by atoms with Crippen LogP contribution in [0.3, 0.4) is 0 Å². The van der Waals surface area contributed by atoms with Gasteiger partial charge in [-0.3, -0.25) is 0 Å². The molecule has 0 radical (unpaired) electrons. The maximum atomic E-state index is 13.3. The van der Waals surface area contributed by atoms with Crippen LogP contribution < -0.4 is 16.1 Å². The predicted octanol–water partition coefficient (Wildman–Crippen LogP) is 3.53. The van der Waals surface area contributed by atoms with Crippen molar-refractivity contribution in [1.29, 1.82) is 0 Å². The molecule has 0 spiro atoms. The number of anilines is 1. The van der Waals surface area contributed by atoms with Crippen molar-refractivity contribution in [2.75, 3.05) is 5.32 Å². The molecule has 2 N–H and O–H groups in total. The van der Waals surface area contributed by atoms with Crippen molar-refractivity contribution in [1.82, 2.24) is 5.32 Å². The van der Waals surface area contributed by atoms with Crippen molar-refractivity contribution in [2.45, 2.75) is 65.0 Å². The van der Waals surface area contributed by atoms with Gasteiger partial charge < -0.3 is 19.9 Å². The highest BCUT2D eigenvalue weighted by Gasteiger charge is 2.52. The summed E-state index contributed by atoms with van der Waals surface area (Å²) in [7, 11) is -0.962. The SMILES string of the molecule is CC(C)NC(=O)Nc1cc(B2OC(C)(C)C(C)(C)O2)cc(C(F)(F)F)c1. The van der Waals surface area contributed by atoms with Crippen LogP contribution in [0.1, 0.15) is 47.1 Å². The van der Waals surface area contributed by atoms with Crippen LogP contribution in [0.5, 0.6) is 0 Å². The first-order valence-electron chi connectivity index (χ1n) is 8.36. The molecule has 0 aromatic heterocycles. The zero-order chi connectivity index (χ0) is 19.9. The molecule has 0 aliphatic carbocycles. The van der Waals surface area contributed by atoms with Gasteiger partial charge in [0.2, 0.25) is 0 Å². The zero-order valence-corrected chi connectivity index (χ0v) is 15.7. The highest BCUT2D eigenvalue weighted by Crippen LogP contribution is 2.37. The first-order chi connectivity index (χ1) is 11.7. The minimum Gasteiger partial charge on any atom is -0.399 e. The van der Waals surface area contributed by atoms with Gasteiger partial charge in [0.1, 0.15) is 0 Å². The van der Waals surface area contributed by atoms with Crippen molar-refractivity contribution in [3.63, 3.8) is 0 Å². The fraction of sp³-hybridized carbons (Fsp3) is 0.588. The predicted molar refractivity (Wildman–Crippen MR) is 94.5 cm³/mol. The molecule has 9 heteroatoms. The number of amides is 2. The van der Waals surface area contributed by atoms with Crippen LogP contribution in [-0.4, -0.2) is 30.4 Å². The van der Waals surface area contributed by atoms with E-state index in [4.69, 9.17) is 9.31 Å². The van der Waals surface area contributed by atoms with Crippen LogP contribution in [0.15, 0.2) is 18.2 Å². The average Bonchev–Trinajstić information content (AvgIpc) is 2.65. The van der Waals surface area contributed by atoms with Crippen LogP contribution in [0.4, 0.5) is 23.7 Å². The monoisotopic (exact) mass is 372 g/mol. The molecule has 1 aliphatic heterocycles. The third kappa shape index (κ3) is 4.51. The van der Waals surface area contributed by atoms with E-state index in [9.17, 15) is 18.0 Å². The molecule has 1 heterocycles. The standard InChI is InChI=1S/C17H24BF3N2O3/c1-10(2)22-14(24)23-13-8-11(17(19,20)21)7-12(9-13)18-25-15(3,4)16(5,6)26-18/h7-10H,1-6H3,(H2,22,23,24). The number of nitrogens with one attached hydrogen (secondary N) is 2. The van der Waals surface area contributed by atoms with Crippen LogP contribution in [0.25, 0.3) is 0 Å². The summed E-state index contributed by atoms with van der Waals surface area (Å²) in [6.45, 7) is 10.8. The summed E-state index contributed by atoms with van der Waals surface area (Å²) in [6, 6.07) is 2.56. The lowest BCUT2D eigenvalue weighted by Gasteiger charge is -2.32. The fourth-order valence-electron chi connectivity index (χ4n) is 2.43. The highest BCUT2D eigenvalue weighted by atomic mass is 19.4. The summed E-state index contributed by atoms with van der Waals surface area (Å²) in [4.78, 5) is 11.9. The Morgan fingerprint density at radius 1 is 1.08 bits per heavy atom. The number of urea groups is 1. The van der Waals surface area contributed by atoms with Gasteiger partial charge in [-0.05, 0) is 59.1 Å². The van der Waals surface area contributed by atoms with E-state index >= 15 is 0 Å². The molecule has 1 saturated heterocycles. The van der Waals surface area contributed by atoms with Crippen LogP contribution >= 0.6 is 0 Å². The number of benzene rings is 1. The molecule has 0 bridgehead atoms. The molecule has 144 valence electrons. The number of rotatable bonds is 3. The van der Waals surface area contributed by atoms with Gasteiger partial charge in [0.05, 0.1) is 16.8 Å². The average molecular weight is 372 g/mol. The quantitative estimate of drug-likeness (QED) is 0.799. The Hall–Kier alpha value is -1.74. The first-order valence-corrected chi connectivity index (χ1v) is 8.36. The van der Waals surface area contributed by atoms with Gasteiger partial charge in [-0.2, -0.15) is 13.2 Å². The normalized spacial score (nSPS) is 18.9. The van der Waals surface area contributed by atoms with Crippen molar-refractivity contribution >= 4 is 24.3 Å². The largest absolute Gasteiger partial charge is 0.494 e. The molecule has 0 saturated carbocycles. The van der Waals surface area contributed by atoms with E-state index in [0.29, 0.717) is 0 Å². The summed E-state index contributed by atoms with van der Waals surface area (Å²) in [5.74, 6) is 0. The van der Waals surface area contributed by atoms with E-state index < -0.39 is 36.1 Å². The second-order valence-corrected chi connectivity index (χ2v) is 7.68. The van der Waals surface area contributed by atoms with Gasteiger partial charge in [0.15, 0.2) is 0 Å². The third-order valence-electron chi connectivity index (χ3n) is 4.49. The molecule has 5 nitrogen and oxygen atoms in total. The van der Waals surface area contributed by atoms with Gasteiger partial charge in [0, 0.05) is 11.7 Å². The van der Waals surface area contributed by atoms with Gasteiger partial charge in [-0.1, -0.05) is 6.07 Å². The van der Waals surface area contributed by atoms with Crippen molar-refractivity contribution < 1.29 is 27.3 Å². The molecular formula is C17H24BF3N2O3. The molecule has 0 atom stereocenters. The Morgan fingerprint density at radius 3 is 2.08 bits per heavy atom. The van der Waals surface area contributed by atoms with Crippen molar-refractivity contribution in [2.24, 2.45) is 0 Å². The number of hydrogen-bond acceptors (Lipinski definition) is 3. The molecule has 0 unspecified atom stereocenters. The maximum absolute atomic E-state index is 13.3. The second kappa shape index (κ2) is 6.77. The Bertz CT molecular complexity index is 674. The van der Waals surface area contributed by atoms with E-state index in [0.717, 1.165) is 12.1 Å². The second-order valence-electron chi connectivity index (χ2n) is 7.68. The molecular weight excluding hydrogens is 348 g/mol. The molecule has 2 amide bonds. The topological polar surface area (TPSA) is 59.6 Å². The maximum Gasteiger partial charge on any atom is 0.494 e.